The smallest absolute Gasteiger partial charge is 0.233 e. The van der Waals surface area contributed by atoms with E-state index in [9.17, 15) is 8.42 Å². The lowest BCUT2D eigenvalue weighted by molar-refractivity contribution is 0.105. The first-order valence-electron chi connectivity index (χ1n) is 4.64. The summed E-state index contributed by atoms with van der Waals surface area (Å²) in [7, 11) is -3.33. The minimum absolute atomic E-state index is 0.0109. The van der Waals surface area contributed by atoms with Crippen LogP contribution in [0.1, 0.15) is 12.5 Å². The van der Waals surface area contributed by atoms with E-state index in [1.165, 1.54) is 0 Å². The van der Waals surface area contributed by atoms with Crippen molar-refractivity contribution in [1.29, 1.82) is 0 Å². The van der Waals surface area contributed by atoms with Gasteiger partial charge in [0.2, 0.25) is 10.0 Å². The number of nitrogens with one attached hydrogen (secondary N) is 1. The minimum atomic E-state index is -3.33. The maximum Gasteiger partial charge on any atom is 0.233 e. The summed E-state index contributed by atoms with van der Waals surface area (Å²) in [5.41, 5.74) is 0.937. The summed E-state index contributed by atoms with van der Waals surface area (Å²) in [5, 5.41) is 0. The van der Waals surface area contributed by atoms with Crippen molar-refractivity contribution in [2.24, 2.45) is 0 Å². The fourth-order valence-electron chi connectivity index (χ4n) is 0.992. The summed E-state index contributed by atoms with van der Waals surface area (Å²) in [5.74, 6) is 0.0109. The molecule has 1 rings (SSSR count). The zero-order chi connectivity index (χ0) is 11.1. The van der Waals surface area contributed by atoms with E-state index in [1.807, 2.05) is 4.89 Å². The van der Waals surface area contributed by atoms with E-state index in [0.717, 1.165) is 5.56 Å². The molecule has 84 valence electrons. The van der Waals surface area contributed by atoms with Gasteiger partial charge in [-0.05, 0) is 31.0 Å². The fourth-order valence-corrected chi connectivity index (χ4v) is 1.88. The topological polar surface area (TPSA) is 68.3 Å². The Hall–Kier alpha value is -0.980. The number of nitrogens with zero attached hydrogens (tertiary/aromatic N) is 1. The molecule has 0 bridgehead atoms. The van der Waals surface area contributed by atoms with Gasteiger partial charge >= 0.3 is 0 Å². The average Bonchev–Trinajstić information content (AvgIpc) is 2.25. The third-order valence-corrected chi connectivity index (χ3v) is 2.85. The zero-order valence-corrected chi connectivity index (χ0v) is 9.33. The maximum atomic E-state index is 11.3. The standard InChI is InChI=1S/C9H14N2O3S/c1-2-14-11-15(12,13)8-5-9-3-6-10-7-4-9/h3-4,6-7,11H,2,5,8H2,1H3. The molecule has 0 spiro atoms. The van der Waals surface area contributed by atoms with Gasteiger partial charge in [0, 0.05) is 12.4 Å². The summed E-state index contributed by atoms with van der Waals surface area (Å²) in [4.78, 5) is 10.5. The number of rotatable bonds is 6. The monoisotopic (exact) mass is 230 g/mol. The van der Waals surface area contributed by atoms with E-state index in [0.29, 0.717) is 13.0 Å². The molecule has 0 radical (unpaired) electrons. The number of aromatic nitrogens is 1. The molecule has 0 aliphatic carbocycles. The Bertz CT molecular complexity index is 378. The molecule has 1 aromatic heterocycles. The molecule has 15 heavy (non-hydrogen) atoms. The highest BCUT2D eigenvalue weighted by Crippen LogP contribution is 1.99. The van der Waals surface area contributed by atoms with Gasteiger partial charge in [0.05, 0.1) is 12.4 Å². The number of hydrogen-bond donors (Lipinski definition) is 1. The molecule has 0 aliphatic heterocycles. The summed E-state index contributed by atoms with van der Waals surface area (Å²) in [6.45, 7) is 2.03. The van der Waals surface area contributed by atoms with Crippen LogP contribution in [0.5, 0.6) is 0 Å². The maximum absolute atomic E-state index is 11.3. The van der Waals surface area contributed by atoms with Crippen molar-refractivity contribution in [2.45, 2.75) is 13.3 Å². The van der Waals surface area contributed by atoms with E-state index in [-0.39, 0.29) is 5.75 Å². The second-order valence-corrected chi connectivity index (χ2v) is 4.75. The molecule has 0 unspecified atom stereocenters. The van der Waals surface area contributed by atoms with Crippen LogP contribution in [0.2, 0.25) is 0 Å². The quantitative estimate of drug-likeness (QED) is 0.722. The van der Waals surface area contributed by atoms with Crippen molar-refractivity contribution >= 4 is 10.0 Å². The third-order valence-electron chi connectivity index (χ3n) is 1.74. The number of sulfonamides is 1. The molecule has 0 aromatic carbocycles. The third kappa shape index (κ3) is 4.87. The lowest BCUT2D eigenvalue weighted by Crippen LogP contribution is -2.27. The van der Waals surface area contributed by atoms with Crippen molar-refractivity contribution in [2.75, 3.05) is 12.4 Å². The molecule has 6 heteroatoms. The second kappa shape index (κ2) is 5.79. The van der Waals surface area contributed by atoms with Crippen LogP contribution in [0.4, 0.5) is 0 Å². The largest absolute Gasteiger partial charge is 0.287 e. The van der Waals surface area contributed by atoms with Crippen LogP contribution in [-0.2, 0) is 21.3 Å². The van der Waals surface area contributed by atoms with E-state index in [4.69, 9.17) is 0 Å². The Balaban J connectivity index is 2.43. The second-order valence-electron chi connectivity index (χ2n) is 2.94. The first kappa shape index (κ1) is 12.1. The molecule has 0 aliphatic rings. The fraction of sp³-hybridized carbons (Fsp3) is 0.444. The van der Waals surface area contributed by atoms with Gasteiger partial charge in [-0.2, -0.15) is 0 Å². The minimum Gasteiger partial charge on any atom is -0.287 e. The van der Waals surface area contributed by atoms with Crippen molar-refractivity contribution in [1.82, 2.24) is 9.87 Å². The SMILES string of the molecule is CCONS(=O)(=O)CCc1ccncc1. The lowest BCUT2D eigenvalue weighted by atomic mass is 10.2. The van der Waals surface area contributed by atoms with Gasteiger partial charge in [0.15, 0.2) is 0 Å². The lowest BCUT2D eigenvalue weighted by Gasteiger charge is -2.05. The van der Waals surface area contributed by atoms with Gasteiger partial charge in [0.1, 0.15) is 0 Å². The van der Waals surface area contributed by atoms with Gasteiger partial charge < -0.3 is 0 Å². The van der Waals surface area contributed by atoms with E-state index in [2.05, 4.69) is 9.82 Å². The Morgan fingerprint density at radius 1 is 1.40 bits per heavy atom. The van der Waals surface area contributed by atoms with Crippen LogP contribution in [0, 0.1) is 0 Å². The van der Waals surface area contributed by atoms with Crippen LogP contribution in [0.25, 0.3) is 0 Å². The molecule has 0 atom stereocenters. The van der Waals surface area contributed by atoms with Crippen molar-refractivity contribution in [3.8, 4) is 0 Å². The Morgan fingerprint density at radius 3 is 2.67 bits per heavy atom. The molecule has 0 amide bonds. The van der Waals surface area contributed by atoms with E-state index < -0.39 is 10.0 Å². The van der Waals surface area contributed by atoms with Gasteiger partial charge in [-0.1, -0.05) is 4.89 Å². The van der Waals surface area contributed by atoms with Crippen molar-refractivity contribution in [3.63, 3.8) is 0 Å². The molecule has 1 heterocycles. The van der Waals surface area contributed by atoms with Crippen LogP contribution in [0.3, 0.4) is 0 Å². The predicted molar refractivity (Wildman–Crippen MR) is 56.5 cm³/mol. The van der Waals surface area contributed by atoms with E-state index in [1.54, 1.807) is 31.5 Å². The highest BCUT2D eigenvalue weighted by Gasteiger charge is 2.09. The van der Waals surface area contributed by atoms with Gasteiger partial charge in [0.25, 0.3) is 0 Å². The first-order valence-corrected chi connectivity index (χ1v) is 6.29. The molecular formula is C9H14N2O3S. The molecule has 1 aromatic rings. The average molecular weight is 230 g/mol. The summed E-state index contributed by atoms with van der Waals surface area (Å²) >= 11 is 0. The summed E-state index contributed by atoms with van der Waals surface area (Å²) in [6.07, 6.45) is 3.72. The van der Waals surface area contributed by atoms with Crippen molar-refractivity contribution in [3.05, 3.63) is 30.1 Å². The molecule has 0 saturated carbocycles. The Morgan fingerprint density at radius 2 is 2.07 bits per heavy atom. The van der Waals surface area contributed by atoms with Gasteiger partial charge in [-0.25, -0.2) is 8.42 Å². The highest BCUT2D eigenvalue weighted by molar-refractivity contribution is 7.89. The van der Waals surface area contributed by atoms with Crippen LogP contribution in [0.15, 0.2) is 24.5 Å². The summed E-state index contributed by atoms with van der Waals surface area (Å²) < 4.78 is 22.6. The first-order chi connectivity index (χ1) is 7.14. The van der Waals surface area contributed by atoms with Gasteiger partial charge in [-0.15, -0.1) is 0 Å². The number of pyridine rings is 1. The Kier molecular flexibility index (Phi) is 4.67. The number of hydrogen-bond acceptors (Lipinski definition) is 4. The van der Waals surface area contributed by atoms with Crippen LogP contribution < -0.4 is 4.89 Å². The molecule has 0 fully saturated rings. The predicted octanol–water partition coefficient (Wildman–Crippen LogP) is 0.495. The van der Waals surface area contributed by atoms with E-state index >= 15 is 0 Å². The molecule has 1 N–H and O–H groups in total. The molecule has 0 saturated heterocycles. The van der Waals surface area contributed by atoms with Crippen LogP contribution >= 0.6 is 0 Å². The van der Waals surface area contributed by atoms with Crippen LogP contribution in [-0.4, -0.2) is 25.8 Å². The number of aryl methyl sites for hydroxylation is 1. The highest BCUT2D eigenvalue weighted by atomic mass is 32.2. The molecule has 5 nitrogen and oxygen atoms in total. The van der Waals surface area contributed by atoms with Crippen molar-refractivity contribution < 1.29 is 13.3 Å². The summed E-state index contributed by atoms with van der Waals surface area (Å²) in [6, 6.07) is 3.58. The molecular weight excluding hydrogens is 216 g/mol. The Labute approximate surface area is 89.5 Å². The van der Waals surface area contributed by atoms with Gasteiger partial charge in [-0.3, -0.25) is 9.82 Å². The zero-order valence-electron chi connectivity index (χ0n) is 8.51. The normalized spacial score (nSPS) is 11.5.